The van der Waals surface area contributed by atoms with Gasteiger partial charge in [-0.15, -0.1) is 0 Å². The van der Waals surface area contributed by atoms with E-state index >= 15 is 0 Å². The fourth-order valence-corrected chi connectivity index (χ4v) is 1.66. The molecule has 66 valence electrons. The normalized spacial score (nSPS) is 29.0. The van der Waals surface area contributed by atoms with Crippen LogP contribution in [0.4, 0.5) is 4.79 Å². The molecule has 0 aromatic heterocycles. The van der Waals surface area contributed by atoms with E-state index in [4.69, 9.17) is 0 Å². The van der Waals surface area contributed by atoms with E-state index in [0.29, 0.717) is 19.6 Å². The molecule has 0 saturated carbocycles. The highest BCUT2D eigenvalue weighted by Crippen LogP contribution is 2.11. The number of carbonyl (C=O) groups excluding carboxylic acids is 2. The average molecular weight is 169 g/mol. The topological polar surface area (TPSA) is 61.4 Å². The van der Waals surface area contributed by atoms with Gasteiger partial charge in [0.15, 0.2) is 0 Å². The van der Waals surface area contributed by atoms with Gasteiger partial charge < -0.3 is 15.5 Å². The van der Waals surface area contributed by atoms with Crippen LogP contribution in [0.1, 0.15) is 6.42 Å². The minimum Gasteiger partial charge on any atom is -0.354 e. The molecule has 0 radical (unpaired) electrons. The summed E-state index contributed by atoms with van der Waals surface area (Å²) in [4.78, 5) is 23.9. The van der Waals surface area contributed by atoms with E-state index in [1.165, 1.54) is 0 Å². The van der Waals surface area contributed by atoms with Crippen LogP contribution in [-0.2, 0) is 4.79 Å². The third kappa shape index (κ3) is 1.01. The molecule has 2 saturated heterocycles. The Labute approximate surface area is 70.1 Å². The lowest BCUT2D eigenvalue weighted by atomic mass is 10.2. The smallest absolute Gasteiger partial charge is 0.318 e. The molecule has 2 rings (SSSR count). The van der Waals surface area contributed by atoms with Gasteiger partial charge in [-0.2, -0.15) is 0 Å². The predicted molar refractivity (Wildman–Crippen MR) is 41.5 cm³/mol. The van der Waals surface area contributed by atoms with E-state index in [2.05, 4.69) is 10.6 Å². The molecule has 0 spiro atoms. The third-order valence-corrected chi connectivity index (χ3v) is 2.29. The van der Waals surface area contributed by atoms with Crippen molar-refractivity contribution in [1.29, 1.82) is 0 Å². The van der Waals surface area contributed by atoms with Crippen molar-refractivity contribution in [3.63, 3.8) is 0 Å². The Hall–Kier alpha value is -1.26. The first-order valence-corrected chi connectivity index (χ1v) is 4.11. The van der Waals surface area contributed by atoms with Crippen molar-refractivity contribution in [3.8, 4) is 0 Å². The Morgan fingerprint density at radius 1 is 1.25 bits per heavy atom. The van der Waals surface area contributed by atoms with Crippen LogP contribution in [0, 0.1) is 0 Å². The van der Waals surface area contributed by atoms with Gasteiger partial charge in [0.05, 0.1) is 0 Å². The summed E-state index contributed by atoms with van der Waals surface area (Å²) < 4.78 is 0. The van der Waals surface area contributed by atoms with Gasteiger partial charge in [-0.1, -0.05) is 0 Å². The molecule has 5 heteroatoms. The standard InChI is InChI=1S/C7H11N3O2/c11-6-5(1-2-8-6)10-4-3-9-7(10)12/h5H,1-4H2,(H,8,11)(H,9,12). The van der Waals surface area contributed by atoms with Crippen LogP contribution in [-0.4, -0.2) is 42.5 Å². The van der Waals surface area contributed by atoms with Crippen molar-refractivity contribution in [2.24, 2.45) is 0 Å². The predicted octanol–water partition coefficient (Wildman–Crippen LogP) is -1.10. The number of amides is 3. The second kappa shape index (κ2) is 2.66. The molecule has 2 heterocycles. The molecule has 1 atom stereocenters. The van der Waals surface area contributed by atoms with E-state index < -0.39 is 0 Å². The van der Waals surface area contributed by atoms with E-state index in [0.717, 1.165) is 6.42 Å². The maximum atomic E-state index is 11.2. The minimum atomic E-state index is -0.229. The zero-order valence-corrected chi connectivity index (χ0v) is 6.67. The summed E-state index contributed by atoms with van der Waals surface area (Å²) in [5, 5.41) is 5.38. The minimum absolute atomic E-state index is 0.0212. The third-order valence-electron chi connectivity index (χ3n) is 2.29. The SMILES string of the molecule is O=C1NCCC1N1CCNC1=O. The summed E-state index contributed by atoms with van der Waals surface area (Å²) in [5.74, 6) is -0.0212. The Balaban J connectivity index is 2.08. The lowest BCUT2D eigenvalue weighted by Gasteiger charge is -2.19. The molecule has 2 N–H and O–H groups in total. The van der Waals surface area contributed by atoms with Gasteiger partial charge in [0, 0.05) is 19.6 Å². The lowest BCUT2D eigenvalue weighted by Crippen LogP contribution is -2.42. The summed E-state index contributed by atoms with van der Waals surface area (Å²) in [6.45, 7) is 1.99. The van der Waals surface area contributed by atoms with Crippen LogP contribution in [0.2, 0.25) is 0 Å². The Kier molecular flexibility index (Phi) is 1.64. The molecule has 0 aromatic carbocycles. The Bertz CT molecular complexity index is 205. The molecule has 2 aliphatic heterocycles. The number of nitrogens with one attached hydrogen (secondary N) is 2. The Morgan fingerprint density at radius 2 is 2.08 bits per heavy atom. The van der Waals surface area contributed by atoms with Gasteiger partial charge in [0.2, 0.25) is 5.91 Å². The molecule has 2 aliphatic rings. The van der Waals surface area contributed by atoms with E-state index in [1.807, 2.05) is 0 Å². The fraction of sp³-hybridized carbons (Fsp3) is 0.714. The van der Waals surface area contributed by atoms with Crippen LogP contribution in [0.25, 0.3) is 0 Å². The zero-order valence-electron chi connectivity index (χ0n) is 6.67. The summed E-state index contributed by atoms with van der Waals surface area (Å²) >= 11 is 0. The average Bonchev–Trinajstić information content (AvgIpc) is 2.59. The summed E-state index contributed by atoms with van der Waals surface area (Å²) in [6.07, 6.45) is 0.742. The van der Waals surface area contributed by atoms with Gasteiger partial charge >= 0.3 is 6.03 Å². The van der Waals surface area contributed by atoms with Gasteiger partial charge in [0.25, 0.3) is 0 Å². The first-order valence-electron chi connectivity index (χ1n) is 4.11. The van der Waals surface area contributed by atoms with Crippen LogP contribution in [0.3, 0.4) is 0 Å². The fourth-order valence-electron chi connectivity index (χ4n) is 1.66. The maximum absolute atomic E-state index is 11.2. The highest BCUT2D eigenvalue weighted by molar-refractivity contribution is 5.89. The molecule has 3 amide bonds. The van der Waals surface area contributed by atoms with Crippen LogP contribution >= 0.6 is 0 Å². The summed E-state index contributed by atoms with van der Waals surface area (Å²) in [5.41, 5.74) is 0. The molecule has 0 bridgehead atoms. The quantitative estimate of drug-likeness (QED) is 0.523. The number of carbonyl (C=O) groups is 2. The monoisotopic (exact) mass is 169 g/mol. The molecule has 0 aliphatic carbocycles. The molecule has 12 heavy (non-hydrogen) atoms. The van der Waals surface area contributed by atoms with Crippen LogP contribution < -0.4 is 10.6 Å². The number of hydrogen-bond acceptors (Lipinski definition) is 2. The summed E-state index contributed by atoms with van der Waals surface area (Å²) in [6, 6.07) is -0.343. The first kappa shape index (κ1) is 7.39. The van der Waals surface area contributed by atoms with Gasteiger partial charge in [-0.05, 0) is 6.42 Å². The molecule has 0 aromatic rings. The lowest BCUT2D eigenvalue weighted by molar-refractivity contribution is -0.122. The molecular weight excluding hydrogens is 158 g/mol. The van der Waals surface area contributed by atoms with Gasteiger partial charge in [-0.3, -0.25) is 4.79 Å². The van der Waals surface area contributed by atoms with E-state index in [1.54, 1.807) is 4.90 Å². The van der Waals surface area contributed by atoms with Crippen molar-refractivity contribution in [2.75, 3.05) is 19.6 Å². The van der Waals surface area contributed by atoms with E-state index in [-0.39, 0.29) is 18.0 Å². The highest BCUT2D eigenvalue weighted by atomic mass is 16.2. The maximum Gasteiger partial charge on any atom is 0.318 e. The van der Waals surface area contributed by atoms with E-state index in [9.17, 15) is 9.59 Å². The first-order chi connectivity index (χ1) is 5.79. The van der Waals surface area contributed by atoms with Crippen molar-refractivity contribution >= 4 is 11.9 Å². The number of rotatable bonds is 1. The van der Waals surface area contributed by atoms with Crippen LogP contribution in [0.5, 0.6) is 0 Å². The molecule has 2 fully saturated rings. The highest BCUT2D eigenvalue weighted by Gasteiger charge is 2.35. The van der Waals surface area contributed by atoms with Crippen molar-refractivity contribution in [2.45, 2.75) is 12.5 Å². The van der Waals surface area contributed by atoms with Gasteiger partial charge in [0.1, 0.15) is 6.04 Å². The van der Waals surface area contributed by atoms with Crippen molar-refractivity contribution in [1.82, 2.24) is 15.5 Å². The molecular formula is C7H11N3O2. The van der Waals surface area contributed by atoms with Crippen LogP contribution in [0.15, 0.2) is 0 Å². The van der Waals surface area contributed by atoms with Crippen molar-refractivity contribution in [3.05, 3.63) is 0 Å². The zero-order chi connectivity index (χ0) is 8.55. The molecule has 1 unspecified atom stereocenters. The second-order valence-electron chi connectivity index (χ2n) is 3.02. The molecule has 5 nitrogen and oxygen atoms in total. The summed E-state index contributed by atoms with van der Waals surface area (Å²) in [7, 11) is 0. The van der Waals surface area contributed by atoms with Crippen molar-refractivity contribution < 1.29 is 9.59 Å². The number of hydrogen-bond donors (Lipinski definition) is 2. The number of nitrogens with zero attached hydrogens (tertiary/aromatic N) is 1. The number of urea groups is 1. The second-order valence-corrected chi connectivity index (χ2v) is 3.02. The van der Waals surface area contributed by atoms with Gasteiger partial charge in [-0.25, -0.2) is 4.79 Å². The Morgan fingerprint density at radius 3 is 2.58 bits per heavy atom. The largest absolute Gasteiger partial charge is 0.354 e.